The lowest BCUT2D eigenvalue weighted by molar-refractivity contribution is 0.102. The van der Waals surface area contributed by atoms with Crippen molar-refractivity contribution in [2.75, 3.05) is 23.3 Å². The summed E-state index contributed by atoms with van der Waals surface area (Å²) in [5, 5.41) is 2.94. The second-order valence-corrected chi connectivity index (χ2v) is 7.81. The maximum Gasteiger partial charge on any atom is 0.255 e. The molecule has 1 saturated carbocycles. The Bertz CT molecular complexity index is 772. The maximum atomic E-state index is 12.5. The number of nitrogens with two attached hydrogens (primary N) is 1. The van der Waals surface area contributed by atoms with E-state index in [1.165, 1.54) is 37.7 Å². The van der Waals surface area contributed by atoms with E-state index in [0.29, 0.717) is 17.2 Å². The van der Waals surface area contributed by atoms with Gasteiger partial charge in [0.25, 0.3) is 5.91 Å². The lowest BCUT2D eigenvalue weighted by Gasteiger charge is -2.22. The topological polar surface area (TPSA) is 71.2 Å². The van der Waals surface area contributed by atoms with Gasteiger partial charge in [-0.3, -0.25) is 4.79 Å². The number of hydrogen-bond donors (Lipinski definition) is 2. The Balaban J connectivity index is 0.00000225. The van der Waals surface area contributed by atoms with Crippen molar-refractivity contribution in [1.29, 1.82) is 0 Å². The van der Waals surface area contributed by atoms with Gasteiger partial charge in [0, 0.05) is 26.1 Å². The van der Waals surface area contributed by atoms with E-state index < -0.39 is 0 Å². The highest BCUT2D eigenvalue weighted by Gasteiger charge is 2.20. The fourth-order valence-electron chi connectivity index (χ4n) is 4.19. The van der Waals surface area contributed by atoms with Crippen LogP contribution in [-0.2, 0) is 0 Å². The predicted molar refractivity (Wildman–Crippen MR) is 111 cm³/mol. The minimum Gasteiger partial charge on any atom is -0.355 e. The minimum atomic E-state index is -0.0945. The highest BCUT2D eigenvalue weighted by molar-refractivity contribution is 6.04. The van der Waals surface area contributed by atoms with E-state index >= 15 is 0 Å². The Kier molecular flexibility index (Phi) is 5.39. The van der Waals surface area contributed by atoms with Gasteiger partial charge in [0.05, 0.1) is 11.9 Å². The average molecular weight is 367 g/mol. The van der Waals surface area contributed by atoms with Crippen molar-refractivity contribution in [2.24, 2.45) is 5.73 Å². The van der Waals surface area contributed by atoms with Gasteiger partial charge in [-0.1, -0.05) is 31.4 Å². The van der Waals surface area contributed by atoms with Crippen LogP contribution in [0.5, 0.6) is 0 Å². The summed E-state index contributed by atoms with van der Waals surface area (Å²) in [5.41, 5.74) is 8.71. The number of aromatic nitrogens is 1. The first-order chi connectivity index (χ1) is 13.2. The van der Waals surface area contributed by atoms with E-state index in [0.717, 1.165) is 25.3 Å². The Morgan fingerprint density at radius 3 is 2.48 bits per heavy atom. The highest BCUT2D eigenvalue weighted by Crippen LogP contribution is 2.32. The Hall–Kier alpha value is -2.40. The predicted octanol–water partition coefficient (Wildman–Crippen LogP) is 4.17. The molecule has 27 heavy (non-hydrogen) atoms. The van der Waals surface area contributed by atoms with Crippen molar-refractivity contribution < 1.29 is 6.22 Å². The number of benzene rings is 1. The molecule has 1 unspecified atom stereocenters. The number of pyridine rings is 1. The molecule has 2 aromatic rings. The molecular formula is C22H30N4O. The summed E-state index contributed by atoms with van der Waals surface area (Å²) >= 11 is 0. The molecule has 5 nitrogen and oxygen atoms in total. The zero-order valence-electron chi connectivity index (χ0n) is 15.7. The van der Waals surface area contributed by atoms with Crippen molar-refractivity contribution >= 4 is 17.4 Å². The molecule has 1 atom stereocenters. The monoisotopic (exact) mass is 366 g/mol. The molecule has 3 N–H and O–H groups in total. The van der Waals surface area contributed by atoms with Gasteiger partial charge in [0.2, 0.25) is 0 Å². The third-order valence-electron chi connectivity index (χ3n) is 5.80. The quantitative estimate of drug-likeness (QED) is 0.852. The average Bonchev–Trinajstić information content (AvgIpc) is 3.16. The zero-order chi connectivity index (χ0) is 18.6. The van der Waals surface area contributed by atoms with Crippen molar-refractivity contribution in [3.63, 3.8) is 0 Å². The molecule has 1 aromatic heterocycles. The van der Waals surface area contributed by atoms with E-state index in [9.17, 15) is 4.79 Å². The molecule has 0 radical (unpaired) electrons. The summed E-state index contributed by atoms with van der Waals surface area (Å²) in [6, 6.07) is 12.2. The van der Waals surface area contributed by atoms with Crippen LogP contribution in [0.2, 0.25) is 0 Å². The minimum absolute atomic E-state index is 0. The fourth-order valence-corrected chi connectivity index (χ4v) is 4.19. The molecule has 2 fully saturated rings. The molecular weight excluding hydrogens is 336 g/mol. The lowest BCUT2D eigenvalue weighted by atomic mass is 9.84. The molecule has 4 rings (SSSR count). The first-order valence-electron chi connectivity index (χ1n) is 10.1. The Morgan fingerprint density at radius 2 is 1.85 bits per heavy atom. The van der Waals surface area contributed by atoms with Crippen LogP contribution in [0.15, 0.2) is 42.6 Å². The summed E-state index contributed by atoms with van der Waals surface area (Å²) in [6.45, 7) is 1.78. The van der Waals surface area contributed by atoms with Crippen molar-refractivity contribution in [3.05, 3.63) is 53.7 Å². The molecule has 5 heteroatoms. The number of anilines is 2. The molecule has 2 aliphatic rings. The molecule has 1 amide bonds. The number of nitrogens with zero attached hydrogens (tertiary/aromatic N) is 2. The third kappa shape index (κ3) is 4.30. The molecule has 1 aromatic carbocycles. The third-order valence-corrected chi connectivity index (χ3v) is 5.80. The van der Waals surface area contributed by atoms with Crippen LogP contribution in [-0.4, -0.2) is 30.0 Å². The van der Waals surface area contributed by atoms with E-state index in [1.807, 2.05) is 24.3 Å². The van der Waals surface area contributed by atoms with Gasteiger partial charge in [-0.05, 0) is 55.0 Å². The van der Waals surface area contributed by atoms with Crippen LogP contribution in [0.25, 0.3) is 0 Å². The number of nitrogens with one attached hydrogen (secondary N) is 1. The molecule has 0 bridgehead atoms. The first kappa shape index (κ1) is 18.0. The van der Waals surface area contributed by atoms with Crippen molar-refractivity contribution in [3.8, 4) is 0 Å². The largest absolute Gasteiger partial charge is 0.355 e. The van der Waals surface area contributed by atoms with Crippen molar-refractivity contribution in [1.82, 2.24) is 4.98 Å². The zero-order valence-corrected chi connectivity index (χ0v) is 15.7. The number of amides is 1. The lowest BCUT2D eigenvalue weighted by Crippen LogP contribution is -2.26. The first-order valence-corrected chi connectivity index (χ1v) is 10.1. The molecule has 0 spiro atoms. The van der Waals surface area contributed by atoms with Crippen LogP contribution < -0.4 is 16.0 Å². The van der Waals surface area contributed by atoms with Gasteiger partial charge >= 0.3 is 0 Å². The smallest absolute Gasteiger partial charge is 0.255 e. The second kappa shape index (κ2) is 8.09. The summed E-state index contributed by atoms with van der Waals surface area (Å²) in [7, 11) is 0. The molecule has 144 valence electrons. The van der Waals surface area contributed by atoms with Gasteiger partial charge in [0.1, 0.15) is 5.82 Å². The van der Waals surface area contributed by atoms with Crippen molar-refractivity contribution in [2.45, 2.75) is 50.5 Å². The number of carbonyl (C=O) groups is 1. The molecule has 2 heterocycles. The Morgan fingerprint density at radius 1 is 1.07 bits per heavy atom. The van der Waals surface area contributed by atoms with Gasteiger partial charge in [0.15, 0.2) is 0 Å². The number of carbonyl (C=O) groups excluding carboxylic acids is 1. The Labute approximate surface area is 162 Å². The van der Waals surface area contributed by atoms with Crippen LogP contribution in [0.4, 0.5) is 11.5 Å². The van der Waals surface area contributed by atoms with E-state index in [-0.39, 0.29) is 13.4 Å². The maximum absolute atomic E-state index is 12.5. The molecule has 1 aliphatic carbocycles. The SMILES string of the molecule is NC1CCN(c2ccc(NC(=O)c3ccc(C4CCCCC4)cc3)cn2)C1.[HH]. The van der Waals surface area contributed by atoms with Crippen LogP contribution in [0.1, 0.15) is 61.8 Å². The summed E-state index contributed by atoms with van der Waals surface area (Å²) in [4.78, 5) is 19.2. The number of rotatable bonds is 4. The van der Waals surface area contributed by atoms with E-state index in [2.05, 4.69) is 27.3 Å². The van der Waals surface area contributed by atoms with Gasteiger partial charge < -0.3 is 16.0 Å². The summed E-state index contributed by atoms with van der Waals surface area (Å²) in [5.74, 6) is 1.48. The van der Waals surface area contributed by atoms with Crippen LogP contribution >= 0.6 is 0 Å². The van der Waals surface area contributed by atoms with Crippen LogP contribution in [0, 0.1) is 0 Å². The van der Waals surface area contributed by atoms with Gasteiger partial charge in [-0.2, -0.15) is 0 Å². The summed E-state index contributed by atoms with van der Waals surface area (Å²) < 4.78 is 0. The highest BCUT2D eigenvalue weighted by atomic mass is 16.1. The summed E-state index contributed by atoms with van der Waals surface area (Å²) in [6.07, 6.45) is 9.24. The standard InChI is InChI=1S/C22H28N4O.H2/c23-19-12-13-26(15-19)21-11-10-20(14-24-21)25-22(27)18-8-6-17(7-9-18)16-4-2-1-3-5-16;/h6-11,14,16,19H,1-5,12-13,15,23H2,(H,25,27);1H. The van der Waals surface area contributed by atoms with E-state index in [4.69, 9.17) is 5.73 Å². The second-order valence-electron chi connectivity index (χ2n) is 7.81. The van der Waals surface area contributed by atoms with E-state index in [1.54, 1.807) is 6.20 Å². The normalized spacial score (nSPS) is 20.6. The van der Waals surface area contributed by atoms with Gasteiger partial charge in [-0.25, -0.2) is 4.98 Å². The fraction of sp³-hybridized carbons (Fsp3) is 0.455. The van der Waals surface area contributed by atoms with Gasteiger partial charge in [-0.15, -0.1) is 0 Å². The molecule has 1 aliphatic heterocycles. The number of hydrogen-bond acceptors (Lipinski definition) is 4. The molecule has 1 saturated heterocycles. The van der Waals surface area contributed by atoms with Crippen LogP contribution in [0.3, 0.4) is 0 Å².